The van der Waals surface area contributed by atoms with Crippen molar-refractivity contribution in [2.75, 3.05) is 0 Å². The molecule has 1 aliphatic rings. The normalized spacial score (nSPS) is 31.6. The van der Waals surface area contributed by atoms with Crippen LogP contribution in [-0.2, 0) is 5.41 Å². The fourth-order valence-electron chi connectivity index (χ4n) is 3.07. The molecule has 0 amide bonds. The quantitative estimate of drug-likeness (QED) is 0.766. The molecule has 2 atom stereocenters. The minimum Gasteiger partial charge on any atom is -0.322 e. The van der Waals surface area contributed by atoms with E-state index < -0.39 is 0 Å². The summed E-state index contributed by atoms with van der Waals surface area (Å²) >= 11 is 0. The monoisotopic (exact) mass is 240 g/mol. The van der Waals surface area contributed by atoms with E-state index in [1.807, 2.05) is 12.1 Å². The van der Waals surface area contributed by atoms with Crippen LogP contribution in [0.4, 0.5) is 0 Å². The Morgan fingerprint density at radius 3 is 2.06 bits per heavy atom. The fourth-order valence-corrected chi connectivity index (χ4v) is 3.07. The average Bonchev–Trinajstić information content (AvgIpc) is 2.51. The zero-order valence-corrected chi connectivity index (χ0v) is 11.5. The van der Waals surface area contributed by atoms with Gasteiger partial charge in [-0.15, -0.1) is 0 Å². The highest BCUT2D eigenvalue weighted by Crippen LogP contribution is 2.48. The maximum absolute atomic E-state index is 8.86. The van der Waals surface area contributed by atoms with Crippen molar-refractivity contribution < 1.29 is 0 Å². The van der Waals surface area contributed by atoms with Gasteiger partial charge in [-0.1, -0.05) is 30.2 Å². The van der Waals surface area contributed by atoms with Gasteiger partial charge in [-0.25, -0.2) is 0 Å². The first-order valence-electron chi connectivity index (χ1n) is 6.29. The smallest absolute Gasteiger partial charge is 0.0991 e. The second-order valence-corrected chi connectivity index (χ2v) is 5.87. The van der Waals surface area contributed by atoms with Gasteiger partial charge in [0.15, 0.2) is 0 Å². The van der Waals surface area contributed by atoms with Crippen molar-refractivity contribution >= 4 is 0 Å². The van der Waals surface area contributed by atoms with Gasteiger partial charge in [0, 0.05) is 11.0 Å². The van der Waals surface area contributed by atoms with Gasteiger partial charge in [-0.05, 0) is 44.9 Å². The lowest BCUT2D eigenvalue weighted by atomic mass is 9.75. The van der Waals surface area contributed by atoms with Crippen LogP contribution in [0.3, 0.4) is 0 Å². The van der Waals surface area contributed by atoms with Crippen LogP contribution in [0.1, 0.15) is 45.2 Å². The minimum atomic E-state index is -0.229. The third kappa shape index (κ3) is 1.76. The van der Waals surface area contributed by atoms with Gasteiger partial charge >= 0.3 is 0 Å². The third-order valence-electron chi connectivity index (χ3n) is 4.62. The Hall–Kier alpha value is -1.59. The summed E-state index contributed by atoms with van der Waals surface area (Å²) in [6.45, 7) is 8.64. The number of nitrogens with two attached hydrogens (primary N) is 1. The van der Waals surface area contributed by atoms with Gasteiger partial charge in [-0.3, -0.25) is 0 Å². The first-order chi connectivity index (χ1) is 8.31. The van der Waals surface area contributed by atoms with E-state index in [2.05, 4.69) is 45.9 Å². The Balaban J connectivity index is 2.48. The predicted octanol–water partition coefficient (Wildman–Crippen LogP) is 3.27. The van der Waals surface area contributed by atoms with Crippen molar-refractivity contribution in [1.29, 1.82) is 5.26 Å². The Bertz CT molecular complexity index is 543. The molecule has 2 nitrogen and oxygen atoms in total. The summed E-state index contributed by atoms with van der Waals surface area (Å²) in [6.07, 6.45) is 0.920. The molecule has 0 fully saturated rings. The number of hydrogen-bond donors (Lipinski definition) is 1. The molecular formula is C16H20N2. The van der Waals surface area contributed by atoms with Crippen LogP contribution in [0.15, 0.2) is 35.4 Å². The van der Waals surface area contributed by atoms with Crippen molar-refractivity contribution in [2.45, 2.75) is 45.1 Å². The maximum atomic E-state index is 8.86. The van der Waals surface area contributed by atoms with Crippen molar-refractivity contribution in [2.24, 2.45) is 5.73 Å². The molecule has 2 rings (SSSR count). The van der Waals surface area contributed by atoms with E-state index in [-0.39, 0.29) is 11.0 Å². The summed E-state index contributed by atoms with van der Waals surface area (Å²) in [5.41, 5.74) is 10.7. The van der Waals surface area contributed by atoms with Crippen molar-refractivity contribution in [3.63, 3.8) is 0 Å². The molecule has 0 heterocycles. The van der Waals surface area contributed by atoms with Crippen LogP contribution in [0.5, 0.6) is 0 Å². The summed E-state index contributed by atoms with van der Waals surface area (Å²) in [5, 5.41) is 8.86. The fraction of sp³-hybridized carbons (Fsp3) is 0.438. The van der Waals surface area contributed by atoms with Gasteiger partial charge in [0.05, 0.1) is 11.6 Å². The van der Waals surface area contributed by atoms with Crippen LogP contribution in [0.25, 0.3) is 0 Å². The van der Waals surface area contributed by atoms with E-state index in [1.165, 1.54) is 16.7 Å². The predicted molar refractivity (Wildman–Crippen MR) is 74.1 cm³/mol. The molecular weight excluding hydrogens is 220 g/mol. The summed E-state index contributed by atoms with van der Waals surface area (Å²) in [5.74, 6) is 0. The molecule has 1 aliphatic carbocycles. The number of nitriles is 1. The molecule has 94 valence electrons. The molecule has 18 heavy (non-hydrogen) atoms. The van der Waals surface area contributed by atoms with Crippen LogP contribution < -0.4 is 5.73 Å². The molecule has 0 saturated heterocycles. The lowest BCUT2D eigenvalue weighted by Gasteiger charge is -2.30. The highest BCUT2D eigenvalue weighted by atomic mass is 14.8. The highest BCUT2D eigenvalue weighted by Gasteiger charge is 2.44. The van der Waals surface area contributed by atoms with Crippen molar-refractivity contribution in [3.05, 3.63) is 46.5 Å². The zero-order valence-electron chi connectivity index (χ0n) is 11.5. The number of hydrogen-bond acceptors (Lipinski definition) is 2. The van der Waals surface area contributed by atoms with E-state index in [0.717, 1.165) is 6.42 Å². The van der Waals surface area contributed by atoms with E-state index in [1.54, 1.807) is 0 Å². The molecule has 1 aromatic rings. The van der Waals surface area contributed by atoms with Crippen LogP contribution in [-0.4, -0.2) is 5.54 Å². The first kappa shape index (κ1) is 12.9. The standard InChI is InChI=1S/C16H20N2/c1-11-12(2)16(4,18)10-15(11,3)14-7-5-13(9-17)6-8-14/h5-8H,10,18H2,1-4H3. The summed E-state index contributed by atoms with van der Waals surface area (Å²) in [4.78, 5) is 0. The van der Waals surface area contributed by atoms with E-state index in [0.29, 0.717) is 5.56 Å². The lowest BCUT2D eigenvalue weighted by molar-refractivity contribution is 0.435. The summed E-state index contributed by atoms with van der Waals surface area (Å²) < 4.78 is 0. The van der Waals surface area contributed by atoms with E-state index in [9.17, 15) is 0 Å². The topological polar surface area (TPSA) is 49.8 Å². The highest BCUT2D eigenvalue weighted by molar-refractivity contribution is 5.47. The van der Waals surface area contributed by atoms with Gasteiger partial charge in [0.1, 0.15) is 0 Å². The molecule has 2 N–H and O–H groups in total. The van der Waals surface area contributed by atoms with Crippen LogP contribution >= 0.6 is 0 Å². The third-order valence-corrected chi connectivity index (χ3v) is 4.62. The molecule has 2 heteroatoms. The van der Waals surface area contributed by atoms with Crippen LogP contribution in [0.2, 0.25) is 0 Å². The van der Waals surface area contributed by atoms with Crippen molar-refractivity contribution in [1.82, 2.24) is 0 Å². The van der Waals surface area contributed by atoms with Gasteiger partial charge < -0.3 is 5.73 Å². The maximum Gasteiger partial charge on any atom is 0.0991 e. The first-order valence-corrected chi connectivity index (χ1v) is 6.29. The Morgan fingerprint density at radius 1 is 1.11 bits per heavy atom. The second-order valence-electron chi connectivity index (χ2n) is 5.87. The molecule has 0 aliphatic heterocycles. The van der Waals surface area contributed by atoms with Gasteiger partial charge in [0.25, 0.3) is 0 Å². The molecule has 0 radical (unpaired) electrons. The Kier molecular flexibility index (Phi) is 2.83. The molecule has 0 bridgehead atoms. The van der Waals surface area contributed by atoms with Crippen LogP contribution in [0, 0.1) is 11.3 Å². The van der Waals surface area contributed by atoms with E-state index in [4.69, 9.17) is 11.0 Å². The van der Waals surface area contributed by atoms with Crippen molar-refractivity contribution in [3.8, 4) is 6.07 Å². The average molecular weight is 240 g/mol. The number of allylic oxidation sites excluding steroid dienone is 1. The molecule has 0 saturated carbocycles. The largest absolute Gasteiger partial charge is 0.322 e. The molecule has 2 unspecified atom stereocenters. The van der Waals surface area contributed by atoms with Gasteiger partial charge in [-0.2, -0.15) is 5.26 Å². The molecule has 0 aromatic heterocycles. The Labute approximate surface area is 109 Å². The number of benzene rings is 1. The summed E-state index contributed by atoms with van der Waals surface area (Å²) in [7, 11) is 0. The zero-order chi connectivity index (χ0) is 13.6. The number of rotatable bonds is 1. The number of nitrogens with zero attached hydrogens (tertiary/aromatic N) is 1. The molecule has 0 spiro atoms. The van der Waals surface area contributed by atoms with E-state index >= 15 is 0 Å². The SMILES string of the molecule is CC1=C(C)C(C)(c2ccc(C#N)cc2)CC1(C)N. The minimum absolute atomic E-state index is 0.0123. The lowest BCUT2D eigenvalue weighted by Crippen LogP contribution is -2.37. The summed E-state index contributed by atoms with van der Waals surface area (Å²) in [6, 6.07) is 10.0. The second kappa shape index (κ2) is 3.96. The van der Waals surface area contributed by atoms with Gasteiger partial charge in [0.2, 0.25) is 0 Å². The molecule has 1 aromatic carbocycles. The Morgan fingerprint density at radius 2 is 1.67 bits per heavy atom.